The topological polar surface area (TPSA) is 57.8 Å². The van der Waals surface area contributed by atoms with Crippen molar-refractivity contribution in [2.75, 3.05) is 0 Å². The van der Waals surface area contributed by atoms with Crippen molar-refractivity contribution in [1.29, 1.82) is 0 Å². The van der Waals surface area contributed by atoms with E-state index in [0.717, 1.165) is 0 Å². The summed E-state index contributed by atoms with van der Waals surface area (Å²) in [5, 5.41) is 9.54. The van der Waals surface area contributed by atoms with E-state index < -0.39 is 6.10 Å². The minimum atomic E-state index is -0.401. The summed E-state index contributed by atoms with van der Waals surface area (Å²) in [4.78, 5) is 0. The third kappa shape index (κ3) is 0.528. The van der Waals surface area contributed by atoms with E-state index in [-0.39, 0.29) is 36.6 Å². The second-order valence-corrected chi connectivity index (χ2v) is 3.69. The summed E-state index contributed by atoms with van der Waals surface area (Å²) in [5.74, 6) is 0. The Morgan fingerprint density at radius 2 is 1.00 bits per heavy atom. The molecule has 3 heterocycles. The van der Waals surface area contributed by atoms with Crippen molar-refractivity contribution in [3.8, 4) is 0 Å². The van der Waals surface area contributed by atoms with Gasteiger partial charge in [-0.3, -0.25) is 0 Å². The molecule has 4 rings (SSSR count). The number of aliphatic hydroxyl groups excluding tert-OH is 1. The van der Waals surface area contributed by atoms with Crippen LogP contribution in [-0.4, -0.2) is 47.8 Å². The van der Waals surface area contributed by atoms with Gasteiger partial charge in [0.2, 0.25) is 0 Å². The Hall–Kier alpha value is -0.160. The zero-order valence-electron chi connectivity index (χ0n) is 5.71. The molecular formula is C7H8O4. The van der Waals surface area contributed by atoms with E-state index in [9.17, 15) is 5.11 Å². The first kappa shape index (κ1) is 5.48. The van der Waals surface area contributed by atoms with Crippen LogP contribution in [0.3, 0.4) is 0 Å². The molecule has 1 saturated carbocycles. The lowest BCUT2D eigenvalue weighted by atomic mass is 10.1. The van der Waals surface area contributed by atoms with Crippen molar-refractivity contribution in [3.05, 3.63) is 0 Å². The van der Waals surface area contributed by atoms with Gasteiger partial charge in [-0.25, -0.2) is 0 Å². The first-order valence-electron chi connectivity index (χ1n) is 4.01. The lowest BCUT2D eigenvalue weighted by Gasteiger charge is -2.00. The second kappa shape index (κ2) is 1.35. The van der Waals surface area contributed by atoms with Gasteiger partial charge in [0.15, 0.2) is 0 Å². The van der Waals surface area contributed by atoms with Crippen LogP contribution in [0.4, 0.5) is 0 Å². The molecule has 60 valence electrons. The van der Waals surface area contributed by atoms with Gasteiger partial charge < -0.3 is 19.3 Å². The van der Waals surface area contributed by atoms with Gasteiger partial charge in [0.05, 0.1) is 0 Å². The SMILES string of the molecule is OC1[C@H]2O[C@H]2[C@@H]2O[C@@H]2[C@H]2O[C@@H]12. The summed E-state index contributed by atoms with van der Waals surface area (Å²) in [6.45, 7) is 0. The van der Waals surface area contributed by atoms with E-state index in [1.165, 1.54) is 0 Å². The molecule has 11 heavy (non-hydrogen) atoms. The smallest absolute Gasteiger partial charge is 0.116 e. The maximum absolute atomic E-state index is 9.54. The molecule has 0 spiro atoms. The van der Waals surface area contributed by atoms with Crippen LogP contribution in [0.1, 0.15) is 0 Å². The second-order valence-electron chi connectivity index (χ2n) is 3.69. The summed E-state index contributed by atoms with van der Waals surface area (Å²) < 4.78 is 15.9. The van der Waals surface area contributed by atoms with Gasteiger partial charge >= 0.3 is 0 Å². The van der Waals surface area contributed by atoms with E-state index in [1.807, 2.05) is 0 Å². The highest BCUT2D eigenvalue weighted by Gasteiger charge is 2.73. The van der Waals surface area contributed by atoms with Gasteiger partial charge in [-0.05, 0) is 0 Å². The third-order valence-electron chi connectivity index (χ3n) is 3.01. The third-order valence-corrected chi connectivity index (χ3v) is 3.01. The van der Waals surface area contributed by atoms with E-state index in [4.69, 9.17) is 14.2 Å². The molecule has 4 aliphatic rings. The van der Waals surface area contributed by atoms with Crippen molar-refractivity contribution in [2.45, 2.75) is 42.7 Å². The fourth-order valence-corrected chi connectivity index (χ4v) is 2.20. The highest BCUT2D eigenvalue weighted by Crippen LogP contribution is 2.53. The van der Waals surface area contributed by atoms with Crippen molar-refractivity contribution in [1.82, 2.24) is 0 Å². The maximum Gasteiger partial charge on any atom is 0.116 e. The molecule has 0 aromatic rings. The minimum Gasteiger partial charge on any atom is -0.387 e. The molecule has 0 aromatic carbocycles. The molecule has 1 N–H and O–H groups in total. The average molecular weight is 156 g/mol. The van der Waals surface area contributed by atoms with Crippen LogP contribution in [0, 0.1) is 0 Å². The zero-order valence-corrected chi connectivity index (χ0v) is 5.71. The van der Waals surface area contributed by atoms with Crippen LogP contribution in [0.5, 0.6) is 0 Å². The van der Waals surface area contributed by atoms with Crippen LogP contribution >= 0.6 is 0 Å². The normalized spacial score (nSPS) is 75.5. The highest BCUT2D eigenvalue weighted by atomic mass is 16.7. The fourth-order valence-electron chi connectivity index (χ4n) is 2.20. The largest absolute Gasteiger partial charge is 0.387 e. The molecule has 0 aromatic heterocycles. The van der Waals surface area contributed by atoms with Crippen LogP contribution < -0.4 is 0 Å². The minimum absolute atomic E-state index is 0.00231. The lowest BCUT2D eigenvalue weighted by molar-refractivity contribution is 0.103. The summed E-state index contributed by atoms with van der Waals surface area (Å²) in [6, 6.07) is 0. The first-order chi connectivity index (χ1) is 5.36. The number of epoxide rings is 3. The Labute approximate surface area is 63.0 Å². The summed E-state index contributed by atoms with van der Waals surface area (Å²) in [6.07, 6.45) is 0.406. The number of fused-ring (bicyclic) bond motifs is 5. The van der Waals surface area contributed by atoms with Crippen LogP contribution in [0.2, 0.25) is 0 Å². The van der Waals surface area contributed by atoms with Gasteiger partial charge in [-0.1, -0.05) is 0 Å². The van der Waals surface area contributed by atoms with Gasteiger partial charge in [-0.2, -0.15) is 0 Å². The van der Waals surface area contributed by atoms with Crippen LogP contribution in [-0.2, 0) is 14.2 Å². The van der Waals surface area contributed by atoms with E-state index in [2.05, 4.69) is 0 Å². The van der Waals surface area contributed by atoms with Gasteiger partial charge in [0.1, 0.15) is 42.7 Å². The predicted octanol–water partition coefficient (Wildman–Crippen LogP) is -1.34. The summed E-state index contributed by atoms with van der Waals surface area (Å²) in [5.41, 5.74) is 0. The predicted molar refractivity (Wildman–Crippen MR) is 32.0 cm³/mol. The standard InChI is InChI=1S/C7H8O4/c8-1-2-4(9-2)6-7(11-6)5-3(1)10-5/h1-8H/t1?,2-,3+,4-,5+,6+,7-. The quantitative estimate of drug-likeness (QED) is 0.441. The molecule has 1 unspecified atom stereocenters. The van der Waals surface area contributed by atoms with E-state index >= 15 is 0 Å². The Kier molecular flexibility index (Phi) is 0.674. The van der Waals surface area contributed by atoms with Crippen molar-refractivity contribution >= 4 is 0 Å². The van der Waals surface area contributed by atoms with Crippen molar-refractivity contribution < 1.29 is 19.3 Å². The maximum atomic E-state index is 9.54. The average Bonchev–Trinajstić information content (AvgIpc) is 2.81. The van der Waals surface area contributed by atoms with Crippen LogP contribution in [0.15, 0.2) is 0 Å². The molecule has 4 heteroatoms. The Bertz CT molecular complexity index is 204. The van der Waals surface area contributed by atoms with Crippen LogP contribution in [0.25, 0.3) is 0 Å². The summed E-state index contributed by atoms with van der Waals surface area (Å²) in [7, 11) is 0. The van der Waals surface area contributed by atoms with Crippen molar-refractivity contribution in [2.24, 2.45) is 0 Å². The Morgan fingerprint density at radius 1 is 0.636 bits per heavy atom. The van der Waals surface area contributed by atoms with E-state index in [1.54, 1.807) is 0 Å². The Morgan fingerprint density at radius 3 is 1.55 bits per heavy atom. The monoisotopic (exact) mass is 156 g/mol. The van der Waals surface area contributed by atoms with Gasteiger partial charge in [0, 0.05) is 0 Å². The molecule has 0 bridgehead atoms. The molecule has 0 amide bonds. The Balaban J connectivity index is 1.72. The van der Waals surface area contributed by atoms with E-state index in [0.29, 0.717) is 0 Å². The first-order valence-corrected chi connectivity index (χ1v) is 4.01. The molecule has 3 aliphatic heterocycles. The summed E-state index contributed by atoms with van der Waals surface area (Å²) >= 11 is 0. The molecule has 4 nitrogen and oxygen atoms in total. The zero-order chi connectivity index (χ0) is 7.16. The number of hydrogen-bond acceptors (Lipinski definition) is 4. The van der Waals surface area contributed by atoms with Gasteiger partial charge in [-0.15, -0.1) is 0 Å². The molecule has 1 aliphatic carbocycles. The highest BCUT2D eigenvalue weighted by molar-refractivity contribution is 5.19. The molecule has 4 fully saturated rings. The molecule has 7 atom stereocenters. The molecular weight excluding hydrogens is 148 g/mol. The molecule has 0 radical (unpaired) electrons. The number of ether oxygens (including phenoxy) is 3. The molecule has 3 saturated heterocycles. The lowest BCUT2D eigenvalue weighted by Crippen LogP contribution is -2.24. The van der Waals surface area contributed by atoms with Gasteiger partial charge in [0.25, 0.3) is 0 Å². The number of aliphatic hydroxyl groups is 1. The number of hydrogen-bond donors (Lipinski definition) is 1. The number of rotatable bonds is 0. The fraction of sp³-hybridized carbons (Fsp3) is 1.00. The van der Waals surface area contributed by atoms with Crippen molar-refractivity contribution in [3.63, 3.8) is 0 Å².